The molecule has 0 aromatic heterocycles. The van der Waals surface area contributed by atoms with Crippen molar-refractivity contribution in [3.8, 4) is 0 Å². The zero-order valence-corrected chi connectivity index (χ0v) is 19.7. The Bertz CT molecular complexity index is 601. The van der Waals surface area contributed by atoms with Gasteiger partial charge < -0.3 is 0 Å². The Kier molecular flexibility index (Phi) is 11.0. The van der Waals surface area contributed by atoms with Crippen LogP contribution in [0.1, 0.15) is 27.7 Å². The van der Waals surface area contributed by atoms with Crippen LogP contribution >= 0.6 is 10.0 Å². The summed E-state index contributed by atoms with van der Waals surface area (Å²) in [5, 5.41) is 9.79. The van der Waals surface area contributed by atoms with Crippen LogP contribution in [-0.2, 0) is 42.9 Å². The third kappa shape index (κ3) is 8.94. The van der Waals surface area contributed by atoms with Crippen LogP contribution in [0.5, 0.6) is 0 Å². The van der Waals surface area contributed by atoms with E-state index in [2.05, 4.69) is 0 Å². The van der Waals surface area contributed by atoms with Crippen LogP contribution in [0.3, 0.4) is 0 Å². The fraction of sp³-hybridized carbons (Fsp3) is 0.765. The van der Waals surface area contributed by atoms with E-state index in [1.807, 2.05) is 5.71 Å². The van der Waals surface area contributed by atoms with Crippen molar-refractivity contribution in [2.24, 2.45) is 0 Å². The second kappa shape index (κ2) is 12.4. The summed E-state index contributed by atoms with van der Waals surface area (Å²) >= 11 is -1.62. The van der Waals surface area contributed by atoms with Crippen molar-refractivity contribution in [2.75, 3.05) is 13.2 Å². The van der Waals surface area contributed by atoms with Crippen LogP contribution in [0, 0.1) is 0 Å². The summed E-state index contributed by atoms with van der Waals surface area (Å²) in [4.78, 5) is 46.3. The van der Waals surface area contributed by atoms with E-state index in [1.54, 1.807) is 0 Å². The Morgan fingerprint density at radius 2 is 1.41 bits per heavy atom. The average molecular weight is 498 g/mol. The van der Waals surface area contributed by atoms with Gasteiger partial charge in [0.05, 0.1) is 0 Å². The van der Waals surface area contributed by atoms with E-state index in [4.69, 9.17) is 23.7 Å². The van der Waals surface area contributed by atoms with E-state index < -0.39 is 67.2 Å². The first-order valence-corrected chi connectivity index (χ1v) is 15.2. The molecule has 1 fully saturated rings. The second-order valence-corrected chi connectivity index (χ2v) is 15.1. The maximum atomic E-state index is 11.7. The summed E-state index contributed by atoms with van der Waals surface area (Å²) in [5.41, 5.74) is 1.23. The number of aliphatic hydroxyl groups is 1. The first-order chi connectivity index (χ1) is 13.5. The molecule has 1 aliphatic rings. The van der Waals surface area contributed by atoms with Crippen molar-refractivity contribution in [3.05, 3.63) is 0 Å². The summed E-state index contributed by atoms with van der Waals surface area (Å²) in [6.07, 6.45) is -4.28. The van der Waals surface area contributed by atoms with Crippen LogP contribution in [0.2, 0.25) is 10.9 Å². The van der Waals surface area contributed by atoms with E-state index in [0.717, 1.165) is 0 Å². The molecule has 0 spiro atoms. The van der Waals surface area contributed by atoms with E-state index in [9.17, 15) is 24.3 Å². The molecule has 1 N–H and O–H groups in total. The number of ether oxygens (including phenoxy) is 5. The predicted octanol–water partition coefficient (Wildman–Crippen LogP) is 0.416. The molecule has 1 unspecified atom stereocenters. The van der Waals surface area contributed by atoms with Gasteiger partial charge in [-0.1, -0.05) is 0 Å². The molecule has 0 saturated carbocycles. The van der Waals surface area contributed by atoms with Gasteiger partial charge in [-0.3, -0.25) is 0 Å². The minimum atomic E-state index is -1.62. The van der Waals surface area contributed by atoms with Gasteiger partial charge >= 0.3 is 177 Å². The molecule has 0 aromatic rings. The second-order valence-electron chi connectivity index (χ2n) is 6.25. The Balaban J connectivity index is 3.28. The number of aliphatic hydroxyl groups excluding tert-OH is 1. The van der Waals surface area contributed by atoms with Crippen molar-refractivity contribution in [1.82, 2.24) is 0 Å². The summed E-state index contributed by atoms with van der Waals surface area (Å²) in [6, 6.07) is 0. The Labute approximate surface area is 177 Å². The molecule has 6 atom stereocenters. The van der Waals surface area contributed by atoms with Gasteiger partial charge in [-0.15, -0.1) is 0 Å². The van der Waals surface area contributed by atoms with Gasteiger partial charge in [0.1, 0.15) is 0 Å². The molecule has 1 saturated heterocycles. The third-order valence-corrected chi connectivity index (χ3v) is 10.9. The van der Waals surface area contributed by atoms with Gasteiger partial charge in [0.2, 0.25) is 0 Å². The maximum absolute atomic E-state index is 11.7. The molecule has 166 valence electrons. The number of carbonyl (C=O) groups is 4. The van der Waals surface area contributed by atoms with Crippen LogP contribution in [0.4, 0.5) is 0 Å². The molecule has 12 heteroatoms. The standard InChI is InChI=1S/C17H27AsO10S/c1-9(20)24-8-13-14(25-10(2)21)15(26-11(3)22)16(27-12(4)23)17(28-13)29-18(5)6-7-19/h13-17,19H,6-8H2,1-5H3/t13-,14-,15+,16-,17+,18?/m1/s1. The van der Waals surface area contributed by atoms with Gasteiger partial charge in [0, 0.05) is 0 Å². The average Bonchev–Trinajstić information content (AvgIpc) is 2.57. The number of esters is 4. The van der Waals surface area contributed by atoms with Crippen molar-refractivity contribution in [3.63, 3.8) is 0 Å². The normalized spacial score (nSPS) is 27.4. The molecule has 0 radical (unpaired) electrons. The zero-order valence-electron chi connectivity index (χ0n) is 17.0. The number of carbonyl (C=O) groups excluding carboxylic acids is 4. The van der Waals surface area contributed by atoms with Gasteiger partial charge in [-0.05, 0) is 0 Å². The molecule has 1 rings (SSSR count). The SMILES string of the molecule is CC(=O)OC[C@H]1O[C@@H](S[As](C)CCO)[C@H](OC(C)=O)[C@@H](OC(C)=O)[C@@H]1OC(C)=O. The summed E-state index contributed by atoms with van der Waals surface area (Å²) in [6.45, 7) is 4.54. The van der Waals surface area contributed by atoms with Crippen molar-refractivity contribution >= 4 is 47.4 Å². The molecule has 29 heavy (non-hydrogen) atoms. The van der Waals surface area contributed by atoms with Gasteiger partial charge in [-0.25, -0.2) is 0 Å². The Morgan fingerprint density at radius 1 is 0.897 bits per heavy atom. The zero-order chi connectivity index (χ0) is 22.1. The molecule has 1 heterocycles. The minimum absolute atomic E-state index is 0.00871. The Hall–Kier alpha value is -1.29. The van der Waals surface area contributed by atoms with Gasteiger partial charge in [0.25, 0.3) is 0 Å². The monoisotopic (exact) mass is 498 g/mol. The molecule has 0 aliphatic carbocycles. The molecule has 0 aromatic carbocycles. The first-order valence-electron chi connectivity index (χ1n) is 8.84. The Morgan fingerprint density at radius 3 is 1.90 bits per heavy atom. The molecule has 0 amide bonds. The van der Waals surface area contributed by atoms with Crippen molar-refractivity contribution < 1.29 is 48.0 Å². The van der Waals surface area contributed by atoms with Crippen LogP contribution < -0.4 is 0 Å². The summed E-state index contributed by atoms with van der Waals surface area (Å²) in [5.74, 6) is -2.52. The van der Waals surface area contributed by atoms with E-state index in [1.165, 1.54) is 37.7 Å². The summed E-state index contributed by atoms with van der Waals surface area (Å²) < 4.78 is 27.1. The molecule has 1 aliphatic heterocycles. The number of hydrogen-bond acceptors (Lipinski definition) is 11. The topological polar surface area (TPSA) is 135 Å². The van der Waals surface area contributed by atoms with Gasteiger partial charge in [-0.2, -0.15) is 0 Å². The third-order valence-electron chi connectivity index (χ3n) is 3.65. The van der Waals surface area contributed by atoms with Crippen LogP contribution in [0.25, 0.3) is 0 Å². The predicted molar refractivity (Wildman–Crippen MR) is 103 cm³/mol. The molecule has 0 bridgehead atoms. The van der Waals surface area contributed by atoms with E-state index in [-0.39, 0.29) is 13.2 Å². The molecular formula is C17H27AsO10S. The van der Waals surface area contributed by atoms with Crippen LogP contribution in [-0.4, -0.2) is 85.5 Å². The fourth-order valence-electron chi connectivity index (χ4n) is 2.64. The number of rotatable bonds is 9. The number of hydrogen-bond donors (Lipinski definition) is 1. The molecule has 10 nitrogen and oxygen atoms in total. The van der Waals surface area contributed by atoms with E-state index in [0.29, 0.717) is 5.21 Å². The van der Waals surface area contributed by atoms with Gasteiger partial charge in [0.15, 0.2) is 0 Å². The first kappa shape index (κ1) is 25.7. The van der Waals surface area contributed by atoms with Crippen molar-refractivity contribution in [1.29, 1.82) is 0 Å². The van der Waals surface area contributed by atoms with E-state index >= 15 is 0 Å². The van der Waals surface area contributed by atoms with Crippen LogP contribution in [0.15, 0.2) is 0 Å². The van der Waals surface area contributed by atoms with Crippen molar-refractivity contribution in [2.45, 2.75) is 68.5 Å². The quantitative estimate of drug-likeness (QED) is 0.269. The fourth-order valence-corrected chi connectivity index (χ4v) is 8.61. The molecular weight excluding hydrogens is 471 g/mol. The summed E-state index contributed by atoms with van der Waals surface area (Å²) in [7, 11) is 1.40.